The second-order valence-electron chi connectivity index (χ2n) is 10.4. The van der Waals surface area contributed by atoms with Crippen LogP contribution in [0.1, 0.15) is 43.1 Å². The molecule has 2 amide bonds. The van der Waals surface area contributed by atoms with Gasteiger partial charge < -0.3 is 25.8 Å². The number of aromatic nitrogens is 1. The lowest BCUT2D eigenvalue weighted by Gasteiger charge is -2.21. The minimum Gasteiger partial charge on any atom is -0.444 e. The summed E-state index contributed by atoms with van der Waals surface area (Å²) in [6, 6.07) is 12.2. The van der Waals surface area contributed by atoms with Gasteiger partial charge in [-0.2, -0.15) is 5.10 Å². The van der Waals surface area contributed by atoms with Crippen LogP contribution in [-0.4, -0.2) is 59.0 Å². The number of aromatic amines is 1. The van der Waals surface area contributed by atoms with Crippen LogP contribution in [0.25, 0.3) is 10.9 Å². The Kier molecular flexibility index (Phi) is 8.08. The lowest BCUT2D eigenvalue weighted by Crippen LogP contribution is -2.36. The van der Waals surface area contributed by atoms with Crippen molar-refractivity contribution in [3.63, 3.8) is 0 Å². The molecule has 10 nitrogen and oxygen atoms in total. The maximum absolute atomic E-state index is 13.6. The molecule has 204 valence electrons. The first-order chi connectivity index (χ1) is 18.5. The molecule has 0 spiro atoms. The molecule has 3 aromatic rings. The van der Waals surface area contributed by atoms with Gasteiger partial charge in [0.1, 0.15) is 17.1 Å². The molecule has 0 radical (unpaired) electrons. The number of fused-ring (bicyclic) bond motifs is 1. The number of likely N-dealkylation sites (tertiary alicyclic amines) is 1. The van der Waals surface area contributed by atoms with Gasteiger partial charge in [-0.15, -0.1) is 0 Å². The number of aliphatic imine (C=N–C) groups is 1. The number of pyridine rings is 1. The number of H-pyrrole nitrogens is 1. The van der Waals surface area contributed by atoms with Crippen LogP contribution < -0.4 is 16.7 Å². The van der Waals surface area contributed by atoms with Crippen molar-refractivity contribution >= 4 is 40.5 Å². The molecule has 1 aromatic heterocycles. The van der Waals surface area contributed by atoms with E-state index in [1.807, 2.05) is 0 Å². The van der Waals surface area contributed by atoms with Crippen molar-refractivity contribution in [2.24, 2.45) is 21.9 Å². The molecule has 0 aliphatic carbocycles. The fraction of sp³-hybridized carbons (Fsp3) is 0.321. The third kappa shape index (κ3) is 7.07. The van der Waals surface area contributed by atoms with E-state index in [1.165, 1.54) is 30.5 Å². The lowest BCUT2D eigenvalue weighted by molar-refractivity contribution is 0.0520. The molecule has 11 heteroatoms. The summed E-state index contributed by atoms with van der Waals surface area (Å²) in [6.45, 7) is 6.98. The van der Waals surface area contributed by atoms with E-state index in [2.05, 4.69) is 20.4 Å². The molecule has 0 bridgehead atoms. The first kappa shape index (κ1) is 27.5. The molecule has 39 heavy (non-hydrogen) atoms. The van der Waals surface area contributed by atoms with Crippen molar-refractivity contribution < 1.29 is 18.7 Å². The number of nitrogens with zero attached hydrogens (tertiary/aromatic N) is 3. The number of hydrazone groups is 1. The molecule has 2 aromatic carbocycles. The van der Waals surface area contributed by atoms with Gasteiger partial charge in [-0.25, -0.2) is 9.18 Å². The molecule has 0 unspecified atom stereocenters. The summed E-state index contributed by atoms with van der Waals surface area (Å²) < 4.78 is 18.9. The van der Waals surface area contributed by atoms with Crippen molar-refractivity contribution in [2.75, 3.05) is 19.6 Å². The Labute approximate surface area is 224 Å². The summed E-state index contributed by atoms with van der Waals surface area (Å²) in [5, 5.41) is 6.93. The summed E-state index contributed by atoms with van der Waals surface area (Å²) in [4.78, 5) is 46.1. The number of hydrogen-bond donors (Lipinski definition) is 3. The normalized spacial score (nSPS) is 16.2. The minimum atomic E-state index is -0.564. The average Bonchev–Trinajstić information content (AvgIpc) is 3.36. The number of alkyl carbamates (subject to hydrolysis) is 1. The Hall–Kier alpha value is -4.54. The fourth-order valence-corrected chi connectivity index (χ4v) is 4.27. The lowest BCUT2D eigenvalue weighted by atomic mass is 10.1. The first-order valence-electron chi connectivity index (χ1n) is 12.5. The molecule has 1 aliphatic heterocycles. The Morgan fingerprint density at radius 1 is 1.21 bits per heavy atom. The van der Waals surface area contributed by atoms with Gasteiger partial charge in [-0.3, -0.25) is 14.6 Å². The number of amides is 2. The number of rotatable bonds is 6. The molecular formula is C28H31FN6O4. The maximum atomic E-state index is 13.6. The highest BCUT2D eigenvalue weighted by atomic mass is 19.1. The van der Waals surface area contributed by atoms with Gasteiger partial charge in [0.15, 0.2) is 0 Å². The summed E-state index contributed by atoms with van der Waals surface area (Å²) in [7, 11) is 0. The quantitative estimate of drug-likeness (QED) is 0.251. The summed E-state index contributed by atoms with van der Waals surface area (Å²) >= 11 is 0. The number of hydrogen-bond acceptors (Lipinski definition) is 7. The second kappa shape index (κ2) is 11.5. The summed E-state index contributed by atoms with van der Waals surface area (Å²) in [6.07, 6.45) is 1.66. The summed E-state index contributed by atoms with van der Waals surface area (Å²) in [5.41, 5.74) is 0.790. The van der Waals surface area contributed by atoms with Crippen LogP contribution in [-0.2, 0) is 4.74 Å². The van der Waals surface area contributed by atoms with E-state index >= 15 is 0 Å². The molecule has 4 rings (SSSR count). The number of nitrogens with two attached hydrogens (primary N) is 1. The number of carbonyl (C=O) groups excluding carboxylic acids is 2. The Morgan fingerprint density at radius 2 is 1.95 bits per heavy atom. The molecule has 1 saturated heterocycles. The summed E-state index contributed by atoms with van der Waals surface area (Å²) in [5.74, 6) is 5.12. The highest BCUT2D eigenvalue weighted by Crippen LogP contribution is 2.21. The van der Waals surface area contributed by atoms with Crippen molar-refractivity contribution in [1.29, 1.82) is 0 Å². The molecule has 1 atom stereocenters. The number of nitrogens with one attached hydrogen (secondary N) is 2. The van der Waals surface area contributed by atoms with Crippen molar-refractivity contribution in [2.45, 2.75) is 32.8 Å². The van der Waals surface area contributed by atoms with Gasteiger partial charge in [0.2, 0.25) is 0 Å². The van der Waals surface area contributed by atoms with Crippen LogP contribution in [0.15, 0.2) is 63.4 Å². The molecule has 1 aliphatic rings. The van der Waals surface area contributed by atoms with E-state index in [1.54, 1.807) is 49.9 Å². The predicted molar refractivity (Wildman–Crippen MR) is 148 cm³/mol. The van der Waals surface area contributed by atoms with Crippen molar-refractivity contribution in [3.05, 3.63) is 75.8 Å². The Morgan fingerprint density at radius 3 is 2.64 bits per heavy atom. The van der Waals surface area contributed by atoms with Gasteiger partial charge in [0, 0.05) is 36.1 Å². The number of halogens is 1. The maximum Gasteiger partial charge on any atom is 0.407 e. The topological polar surface area (TPSA) is 142 Å². The molecular weight excluding hydrogens is 503 g/mol. The Balaban J connectivity index is 1.37. The number of ether oxygens (including phenoxy) is 1. The molecule has 4 N–H and O–H groups in total. The fourth-order valence-electron chi connectivity index (χ4n) is 4.27. The van der Waals surface area contributed by atoms with Crippen LogP contribution in [0.5, 0.6) is 0 Å². The van der Waals surface area contributed by atoms with E-state index in [9.17, 15) is 18.8 Å². The van der Waals surface area contributed by atoms with E-state index in [0.717, 1.165) is 6.42 Å². The van der Waals surface area contributed by atoms with E-state index in [4.69, 9.17) is 10.6 Å². The Bertz CT molecular complexity index is 1490. The van der Waals surface area contributed by atoms with Crippen LogP contribution in [0.2, 0.25) is 0 Å². The van der Waals surface area contributed by atoms with E-state index in [0.29, 0.717) is 41.8 Å². The van der Waals surface area contributed by atoms with Gasteiger partial charge in [-0.05, 0) is 81.6 Å². The molecule has 1 fully saturated rings. The monoisotopic (exact) mass is 534 g/mol. The van der Waals surface area contributed by atoms with E-state index in [-0.39, 0.29) is 23.1 Å². The van der Waals surface area contributed by atoms with Gasteiger partial charge in [0.25, 0.3) is 11.5 Å². The number of carbonyl (C=O) groups is 2. The van der Waals surface area contributed by atoms with Crippen LogP contribution >= 0.6 is 0 Å². The second-order valence-corrected chi connectivity index (χ2v) is 10.4. The molecule has 2 heterocycles. The zero-order valence-corrected chi connectivity index (χ0v) is 22.0. The SMILES string of the molecule is CC(C)(C)OC(=O)NC[C@@H]1CCN(C(=O)c2ccc(N=CC(=NN)c3cc4cc(F)ccc4[nH]c3=O)cc2)C1. The van der Waals surface area contributed by atoms with Crippen LogP contribution in [0, 0.1) is 11.7 Å². The predicted octanol–water partition coefficient (Wildman–Crippen LogP) is 3.72. The van der Waals surface area contributed by atoms with Crippen molar-refractivity contribution in [3.8, 4) is 0 Å². The zero-order valence-electron chi connectivity index (χ0n) is 22.0. The van der Waals surface area contributed by atoms with Gasteiger partial charge >= 0.3 is 6.09 Å². The largest absolute Gasteiger partial charge is 0.444 e. The smallest absolute Gasteiger partial charge is 0.407 e. The first-order valence-corrected chi connectivity index (χ1v) is 12.5. The van der Waals surface area contributed by atoms with Crippen LogP contribution in [0.3, 0.4) is 0 Å². The third-order valence-electron chi connectivity index (χ3n) is 6.18. The van der Waals surface area contributed by atoms with Gasteiger partial charge in [0.05, 0.1) is 17.5 Å². The van der Waals surface area contributed by atoms with Gasteiger partial charge in [-0.1, -0.05) is 0 Å². The highest BCUT2D eigenvalue weighted by molar-refractivity contribution is 6.38. The average molecular weight is 535 g/mol. The zero-order chi connectivity index (χ0) is 28.2. The highest BCUT2D eigenvalue weighted by Gasteiger charge is 2.27. The standard InChI is InChI=1S/C28H31FN6O4/c1-28(2,3)39-27(38)32-14-17-10-11-35(16-17)26(37)18-4-7-21(8-5-18)31-15-24(34-30)22-13-19-12-20(29)6-9-23(19)33-25(22)36/h4-9,12-13,15,17H,10-11,14,16,30H2,1-3H3,(H,32,38)(H,33,36)/t17-/m0/s1. The van der Waals surface area contributed by atoms with E-state index < -0.39 is 23.1 Å². The third-order valence-corrected chi connectivity index (χ3v) is 6.18. The minimum absolute atomic E-state index is 0.107. The van der Waals surface area contributed by atoms with Crippen LogP contribution in [0.4, 0.5) is 14.9 Å². The number of benzene rings is 2. The van der Waals surface area contributed by atoms with Crippen molar-refractivity contribution in [1.82, 2.24) is 15.2 Å². The molecule has 0 saturated carbocycles.